The Kier molecular flexibility index (Phi) is 5.47. The first-order chi connectivity index (χ1) is 15.7. The van der Waals surface area contributed by atoms with Gasteiger partial charge in [-0.15, -0.1) is 0 Å². The molecular weight excluding hydrogens is 416 g/mol. The lowest BCUT2D eigenvalue weighted by Gasteiger charge is -2.57. The summed E-state index contributed by atoms with van der Waals surface area (Å²) >= 11 is 0. The van der Waals surface area contributed by atoms with Crippen LogP contribution in [0, 0.1) is 35.5 Å². The fourth-order valence-corrected chi connectivity index (χ4v) is 7.87. The van der Waals surface area contributed by atoms with Crippen molar-refractivity contribution in [1.29, 1.82) is 0 Å². The van der Waals surface area contributed by atoms with E-state index in [2.05, 4.69) is 19.9 Å². The minimum Gasteiger partial charge on any atom is -0.504 e. The zero-order valence-electron chi connectivity index (χ0n) is 20.0. The number of hydrogen-bond acceptors (Lipinski definition) is 5. The number of benzene rings is 1. The van der Waals surface area contributed by atoms with Gasteiger partial charge in [0.05, 0.1) is 18.3 Å². The maximum atomic E-state index is 12.6. The monoisotopic (exact) mass is 452 g/mol. The lowest BCUT2D eigenvalue weighted by atomic mass is 9.48. The van der Waals surface area contributed by atoms with Gasteiger partial charge in [0, 0.05) is 11.8 Å². The molecule has 3 fully saturated rings. The van der Waals surface area contributed by atoms with Crippen LogP contribution in [0.4, 0.5) is 0 Å². The number of carbonyl (C=O) groups excluding carboxylic acids is 2. The van der Waals surface area contributed by atoms with E-state index in [-0.39, 0.29) is 40.6 Å². The van der Waals surface area contributed by atoms with Gasteiger partial charge >= 0.3 is 0 Å². The van der Waals surface area contributed by atoms with Gasteiger partial charge in [-0.05, 0) is 92.2 Å². The van der Waals surface area contributed by atoms with Crippen LogP contribution in [0.5, 0.6) is 11.5 Å². The number of allylic oxidation sites excluding steroid dienone is 1. The zero-order valence-corrected chi connectivity index (χ0v) is 20.0. The summed E-state index contributed by atoms with van der Waals surface area (Å²) in [5, 5.41) is 20.1. The molecule has 0 unspecified atom stereocenters. The molecule has 0 saturated heterocycles. The Morgan fingerprint density at radius 3 is 2.58 bits per heavy atom. The highest BCUT2D eigenvalue weighted by Gasteiger charge is 2.58. The van der Waals surface area contributed by atoms with E-state index in [0.29, 0.717) is 41.0 Å². The van der Waals surface area contributed by atoms with Crippen molar-refractivity contribution in [2.45, 2.75) is 84.8 Å². The van der Waals surface area contributed by atoms with Crippen molar-refractivity contribution in [3.8, 4) is 11.5 Å². The molecule has 0 bridgehead atoms. The van der Waals surface area contributed by atoms with Crippen molar-refractivity contribution in [1.82, 2.24) is 0 Å². The molecule has 33 heavy (non-hydrogen) atoms. The number of phenols is 2. The molecule has 0 radical (unpaired) electrons. The Balaban J connectivity index is 1.31. The van der Waals surface area contributed by atoms with Crippen LogP contribution in [-0.4, -0.2) is 28.4 Å². The van der Waals surface area contributed by atoms with Crippen LogP contribution in [0.2, 0.25) is 0 Å². The summed E-state index contributed by atoms with van der Waals surface area (Å²) in [6.45, 7) is 6.62. The third-order valence-electron chi connectivity index (χ3n) is 9.95. The van der Waals surface area contributed by atoms with Gasteiger partial charge in [-0.25, -0.2) is 0 Å². The van der Waals surface area contributed by atoms with E-state index in [0.717, 1.165) is 51.4 Å². The lowest BCUT2D eigenvalue weighted by molar-refractivity contribution is -0.132. The minimum atomic E-state index is -0.365. The number of phenolic OH excluding ortho intramolecular Hbond substituents is 2. The molecule has 0 aromatic heterocycles. The molecule has 4 aliphatic rings. The van der Waals surface area contributed by atoms with Crippen LogP contribution in [0.15, 0.2) is 17.7 Å². The number of aldehydes is 1. The molecule has 0 amide bonds. The van der Waals surface area contributed by atoms with E-state index < -0.39 is 0 Å². The summed E-state index contributed by atoms with van der Waals surface area (Å²) in [6.07, 6.45) is 11.2. The first kappa shape index (κ1) is 22.6. The van der Waals surface area contributed by atoms with E-state index in [1.807, 2.05) is 0 Å². The number of Topliss-reactive ketones (excluding diaryl/α,β-unsaturated/α-hetero) is 1. The fourth-order valence-electron chi connectivity index (χ4n) is 7.87. The molecule has 1 aromatic rings. The Labute approximate surface area is 196 Å². The average molecular weight is 453 g/mol. The minimum absolute atomic E-state index is 0.0820. The van der Waals surface area contributed by atoms with E-state index in [1.54, 1.807) is 13.0 Å². The van der Waals surface area contributed by atoms with Crippen molar-refractivity contribution in [3.63, 3.8) is 0 Å². The molecule has 1 aromatic carbocycles. The van der Waals surface area contributed by atoms with Crippen molar-refractivity contribution in [3.05, 3.63) is 34.4 Å². The van der Waals surface area contributed by atoms with Crippen molar-refractivity contribution in [2.75, 3.05) is 0 Å². The maximum Gasteiger partial charge on any atom is 0.168 e. The molecule has 5 heteroatoms. The van der Waals surface area contributed by atoms with Gasteiger partial charge in [0.1, 0.15) is 5.78 Å². The number of fused-ring (bicyclic) bond motifs is 5. The van der Waals surface area contributed by atoms with E-state index >= 15 is 0 Å². The third-order valence-corrected chi connectivity index (χ3v) is 9.95. The number of aryl methyl sites for hydroxylation is 1. The van der Waals surface area contributed by atoms with E-state index in [1.165, 1.54) is 5.57 Å². The predicted molar refractivity (Wildman–Crippen MR) is 125 cm³/mol. The predicted octanol–water partition coefficient (Wildman–Crippen LogP) is 5.64. The van der Waals surface area contributed by atoms with Crippen LogP contribution in [0.3, 0.4) is 0 Å². The summed E-state index contributed by atoms with van der Waals surface area (Å²) in [6, 6.07) is 1.72. The Hall–Kier alpha value is -2.14. The molecule has 5 nitrogen and oxygen atoms in total. The Morgan fingerprint density at radius 1 is 1.09 bits per heavy atom. The SMILES string of the molecule is Cc1cc(CO[C@H]2CC[C@@]3(C)C(=CC[C@@H]4[C@@H]3CC[C@]3(C)C(=O)CC[C@@H]43)C2)c(C=O)c(O)c1O. The van der Waals surface area contributed by atoms with Crippen LogP contribution in [0.25, 0.3) is 0 Å². The van der Waals surface area contributed by atoms with Gasteiger partial charge in [-0.2, -0.15) is 0 Å². The summed E-state index contributed by atoms with van der Waals surface area (Å²) in [4.78, 5) is 24.1. The number of aromatic hydroxyl groups is 2. The van der Waals surface area contributed by atoms with Crippen LogP contribution in [0.1, 0.15) is 86.7 Å². The quantitative estimate of drug-likeness (QED) is 0.351. The zero-order chi connectivity index (χ0) is 23.5. The third kappa shape index (κ3) is 3.38. The highest BCUT2D eigenvalue weighted by atomic mass is 16.5. The van der Waals surface area contributed by atoms with Crippen LogP contribution in [-0.2, 0) is 16.1 Å². The summed E-state index contributed by atoms with van der Waals surface area (Å²) in [5.74, 6) is 1.70. The van der Waals surface area contributed by atoms with Gasteiger partial charge in [-0.3, -0.25) is 9.59 Å². The molecule has 6 atom stereocenters. The topological polar surface area (TPSA) is 83.8 Å². The van der Waals surface area contributed by atoms with Gasteiger partial charge < -0.3 is 14.9 Å². The number of ketones is 1. The fraction of sp³-hybridized carbons (Fsp3) is 0.643. The van der Waals surface area contributed by atoms with Crippen LogP contribution >= 0.6 is 0 Å². The Morgan fingerprint density at radius 2 is 1.82 bits per heavy atom. The number of ether oxygens (including phenoxy) is 1. The summed E-state index contributed by atoms with van der Waals surface area (Å²) in [7, 11) is 0. The normalized spacial score (nSPS) is 37.7. The molecule has 0 aliphatic heterocycles. The van der Waals surface area contributed by atoms with Crippen molar-refractivity contribution < 1.29 is 24.5 Å². The molecular formula is C28H36O5. The van der Waals surface area contributed by atoms with E-state index in [9.17, 15) is 19.8 Å². The van der Waals surface area contributed by atoms with Crippen molar-refractivity contribution >= 4 is 12.1 Å². The highest BCUT2D eigenvalue weighted by Crippen LogP contribution is 2.64. The van der Waals surface area contributed by atoms with Gasteiger partial charge in [0.15, 0.2) is 17.8 Å². The second kappa shape index (κ2) is 7.97. The van der Waals surface area contributed by atoms with Gasteiger partial charge in [-0.1, -0.05) is 25.5 Å². The largest absolute Gasteiger partial charge is 0.504 e. The summed E-state index contributed by atoms with van der Waals surface area (Å²) in [5.41, 5.74) is 2.86. The Bertz CT molecular complexity index is 1030. The van der Waals surface area contributed by atoms with E-state index in [4.69, 9.17) is 4.74 Å². The van der Waals surface area contributed by atoms with Crippen molar-refractivity contribution in [2.24, 2.45) is 28.6 Å². The average Bonchev–Trinajstić information content (AvgIpc) is 3.10. The molecule has 0 heterocycles. The number of carbonyl (C=O) groups is 2. The summed E-state index contributed by atoms with van der Waals surface area (Å²) < 4.78 is 6.25. The molecule has 3 saturated carbocycles. The molecule has 178 valence electrons. The standard InChI is InChI=1S/C28H36O5/c1-16-12-17(21(14-29)26(32)25(16)31)15-33-19-8-10-27(2)18(13-19)4-5-20-22-6-7-24(30)28(22,3)11-9-23(20)27/h4,12,14,19-20,22-23,31-32H,5-11,13,15H2,1-3H3/t19-,20-,22-,23-,27-,28-/m0/s1. The van der Waals surface area contributed by atoms with Gasteiger partial charge in [0.25, 0.3) is 0 Å². The number of hydrogen-bond donors (Lipinski definition) is 2. The lowest BCUT2D eigenvalue weighted by Crippen LogP contribution is -2.50. The molecule has 5 rings (SSSR count). The smallest absolute Gasteiger partial charge is 0.168 e. The first-order valence-electron chi connectivity index (χ1n) is 12.5. The second-order valence-corrected chi connectivity index (χ2v) is 11.4. The molecule has 2 N–H and O–H groups in total. The highest BCUT2D eigenvalue weighted by molar-refractivity contribution is 5.87. The molecule has 4 aliphatic carbocycles. The second-order valence-electron chi connectivity index (χ2n) is 11.4. The maximum absolute atomic E-state index is 12.6. The van der Waals surface area contributed by atoms with Gasteiger partial charge in [0.2, 0.25) is 0 Å². The first-order valence-corrected chi connectivity index (χ1v) is 12.5. The van der Waals surface area contributed by atoms with Crippen LogP contribution < -0.4 is 0 Å². The molecule has 0 spiro atoms. The number of rotatable bonds is 4.